The van der Waals surface area contributed by atoms with Gasteiger partial charge in [0, 0.05) is 38.4 Å². The van der Waals surface area contributed by atoms with Crippen molar-refractivity contribution in [3.63, 3.8) is 0 Å². The number of carbonyl (C=O) groups is 4. The van der Waals surface area contributed by atoms with Gasteiger partial charge in [0.2, 0.25) is 11.8 Å². The van der Waals surface area contributed by atoms with Crippen LogP contribution in [0, 0.1) is 12.8 Å². The third kappa shape index (κ3) is 4.92. The molecule has 1 aliphatic heterocycles. The number of hydrogen-bond acceptors (Lipinski definition) is 5. The summed E-state index contributed by atoms with van der Waals surface area (Å²) in [4.78, 5) is 66.5. The zero-order valence-electron chi connectivity index (χ0n) is 21.4. The van der Waals surface area contributed by atoms with Gasteiger partial charge in [0.1, 0.15) is 5.56 Å². The van der Waals surface area contributed by atoms with Crippen molar-refractivity contribution in [3.8, 4) is 0 Å². The summed E-state index contributed by atoms with van der Waals surface area (Å²) in [6.45, 7) is 1.61. The second-order valence-corrected chi connectivity index (χ2v) is 10.5. The summed E-state index contributed by atoms with van der Waals surface area (Å²) >= 11 is 0. The number of aromatic nitrogens is 2. The van der Waals surface area contributed by atoms with Crippen molar-refractivity contribution in [1.82, 2.24) is 24.5 Å². The number of fused-ring (bicyclic) bond motifs is 1. The Balaban J connectivity index is 1.51. The van der Waals surface area contributed by atoms with Gasteiger partial charge in [-0.2, -0.15) is 0 Å². The van der Waals surface area contributed by atoms with Crippen LogP contribution in [-0.4, -0.2) is 80.2 Å². The van der Waals surface area contributed by atoms with E-state index in [2.05, 4.69) is 5.32 Å². The number of carboxylic acids is 1. The predicted octanol–water partition coefficient (Wildman–Crippen LogP) is 1.04. The van der Waals surface area contributed by atoms with Crippen LogP contribution in [0.25, 0.3) is 0 Å². The number of amides is 3. The molecule has 2 aliphatic carbocycles. The highest BCUT2D eigenvalue weighted by Crippen LogP contribution is 2.32. The average Bonchev–Trinajstić information content (AvgIpc) is 3.03. The Morgan fingerprint density at radius 2 is 1.72 bits per heavy atom. The first-order chi connectivity index (χ1) is 17.1. The SMILES string of the molecule is Cc1c(C(=O)NC2CCC3C(C2)C(=O)N(CCC(=O)O)CC(=O)N3C)c(=O)n(C2CCCCC2)n1C. The van der Waals surface area contributed by atoms with Crippen molar-refractivity contribution < 1.29 is 24.3 Å². The summed E-state index contributed by atoms with van der Waals surface area (Å²) in [6, 6.07) is -0.525. The van der Waals surface area contributed by atoms with Crippen molar-refractivity contribution in [3.05, 3.63) is 21.6 Å². The molecule has 1 aromatic rings. The van der Waals surface area contributed by atoms with E-state index in [-0.39, 0.29) is 60.6 Å². The lowest BCUT2D eigenvalue weighted by molar-refractivity contribution is -0.141. The number of likely N-dealkylation sites (N-methyl/N-ethyl adjacent to an activating group) is 1. The molecule has 0 bridgehead atoms. The molecule has 0 radical (unpaired) electrons. The summed E-state index contributed by atoms with van der Waals surface area (Å²) in [6.07, 6.45) is 6.38. The van der Waals surface area contributed by atoms with Crippen molar-refractivity contribution >= 4 is 23.7 Å². The molecule has 3 aliphatic rings. The van der Waals surface area contributed by atoms with E-state index in [9.17, 15) is 24.0 Å². The Labute approximate surface area is 210 Å². The van der Waals surface area contributed by atoms with Crippen molar-refractivity contribution in [2.45, 2.75) is 82.8 Å². The maximum Gasteiger partial charge on any atom is 0.305 e. The van der Waals surface area contributed by atoms with Gasteiger partial charge in [-0.15, -0.1) is 0 Å². The number of nitrogens with one attached hydrogen (secondary N) is 1. The molecule has 3 atom stereocenters. The molecule has 11 nitrogen and oxygen atoms in total. The van der Waals surface area contributed by atoms with Gasteiger partial charge in [-0.1, -0.05) is 19.3 Å². The first-order valence-corrected chi connectivity index (χ1v) is 12.9. The van der Waals surface area contributed by atoms with E-state index in [0.717, 1.165) is 25.7 Å². The van der Waals surface area contributed by atoms with Gasteiger partial charge in [0.15, 0.2) is 0 Å². The first kappa shape index (κ1) is 26.0. The standard InChI is InChI=1S/C25H37N5O6/c1-15-22(25(36)30(28(15)3)17-7-5-4-6-8-17)23(34)26-16-9-10-19-18(13-16)24(35)29(12-11-21(32)33)14-20(31)27(19)2/h16-19H,4-14H2,1-3H3,(H,26,34)(H,32,33). The monoisotopic (exact) mass is 503 g/mol. The molecular formula is C25H37N5O6. The minimum absolute atomic E-state index is 0.0299. The summed E-state index contributed by atoms with van der Waals surface area (Å²) < 4.78 is 3.51. The van der Waals surface area contributed by atoms with Crippen LogP contribution in [0.3, 0.4) is 0 Å². The fraction of sp³-hybridized carbons (Fsp3) is 0.720. The topological polar surface area (TPSA) is 134 Å². The van der Waals surface area contributed by atoms with Gasteiger partial charge in [0.25, 0.3) is 11.5 Å². The maximum absolute atomic E-state index is 13.3. The Morgan fingerprint density at radius 3 is 2.39 bits per heavy atom. The Kier molecular flexibility index (Phi) is 7.56. The second kappa shape index (κ2) is 10.5. The number of carboxylic acid groups (broad SMARTS) is 1. The van der Waals surface area contributed by atoms with Crippen LogP contribution in [0.4, 0.5) is 0 Å². The van der Waals surface area contributed by atoms with Gasteiger partial charge in [-0.3, -0.25) is 28.7 Å². The smallest absolute Gasteiger partial charge is 0.305 e. The third-order valence-electron chi connectivity index (χ3n) is 8.33. The normalized spacial score (nSPS) is 25.5. The molecule has 2 N–H and O–H groups in total. The summed E-state index contributed by atoms with van der Waals surface area (Å²) in [5.74, 6) is -2.47. The van der Waals surface area contributed by atoms with Crippen molar-refractivity contribution in [2.24, 2.45) is 13.0 Å². The number of carbonyl (C=O) groups excluding carboxylic acids is 3. The molecule has 4 rings (SSSR count). The molecule has 0 spiro atoms. The number of hydrogen-bond donors (Lipinski definition) is 2. The van der Waals surface area contributed by atoms with Crippen LogP contribution in [0.1, 0.15) is 79.9 Å². The van der Waals surface area contributed by atoms with E-state index in [4.69, 9.17) is 5.11 Å². The van der Waals surface area contributed by atoms with Gasteiger partial charge in [-0.25, -0.2) is 4.68 Å². The van der Waals surface area contributed by atoms with Gasteiger partial charge < -0.3 is 20.2 Å². The van der Waals surface area contributed by atoms with Crippen LogP contribution in [0.2, 0.25) is 0 Å². The van der Waals surface area contributed by atoms with E-state index < -0.39 is 17.8 Å². The molecule has 3 fully saturated rings. The van der Waals surface area contributed by atoms with E-state index in [1.165, 1.54) is 11.3 Å². The van der Waals surface area contributed by atoms with Crippen LogP contribution in [0.5, 0.6) is 0 Å². The second-order valence-electron chi connectivity index (χ2n) is 10.5. The first-order valence-electron chi connectivity index (χ1n) is 12.9. The lowest BCUT2D eigenvalue weighted by Gasteiger charge is -2.38. The van der Waals surface area contributed by atoms with Crippen LogP contribution in [0.15, 0.2) is 4.79 Å². The highest BCUT2D eigenvalue weighted by Gasteiger charge is 2.44. The van der Waals surface area contributed by atoms with E-state index in [0.29, 0.717) is 25.0 Å². The van der Waals surface area contributed by atoms with E-state index >= 15 is 0 Å². The summed E-state index contributed by atoms with van der Waals surface area (Å²) in [5.41, 5.74) is 0.490. The third-order valence-corrected chi connectivity index (χ3v) is 8.33. The Hall–Kier alpha value is -3.11. The molecule has 1 aromatic heterocycles. The highest BCUT2D eigenvalue weighted by molar-refractivity contribution is 5.95. The van der Waals surface area contributed by atoms with Crippen LogP contribution >= 0.6 is 0 Å². The van der Waals surface area contributed by atoms with Gasteiger partial charge in [-0.05, 0) is 39.0 Å². The fourth-order valence-corrected chi connectivity index (χ4v) is 6.19. The molecular weight excluding hydrogens is 466 g/mol. The molecule has 0 aromatic carbocycles. The molecule has 3 unspecified atom stereocenters. The molecule has 36 heavy (non-hydrogen) atoms. The van der Waals surface area contributed by atoms with Gasteiger partial charge >= 0.3 is 5.97 Å². The van der Waals surface area contributed by atoms with Crippen LogP contribution < -0.4 is 10.9 Å². The zero-order chi connectivity index (χ0) is 26.1. The molecule has 2 saturated carbocycles. The number of nitrogens with zero attached hydrogens (tertiary/aromatic N) is 4. The minimum Gasteiger partial charge on any atom is -0.481 e. The largest absolute Gasteiger partial charge is 0.481 e. The minimum atomic E-state index is -1.03. The number of rotatable bonds is 6. The zero-order valence-corrected chi connectivity index (χ0v) is 21.4. The lowest BCUT2D eigenvalue weighted by Crippen LogP contribution is -2.51. The summed E-state index contributed by atoms with van der Waals surface area (Å²) in [7, 11) is 3.49. The number of aliphatic carboxylic acids is 1. The highest BCUT2D eigenvalue weighted by atomic mass is 16.4. The van der Waals surface area contributed by atoms with E-state index in [1.54, 1.807) is 28.2 Å². The molecule has 1 saturated heterocycles. The van der Waals surface area contributed by atoms with Crippen molar-refractivity contribution in [2.75, 3.05) is 20.1 Å². The predicted molar refractivity (Wildman–Crippen MR) is 131 cm³/mol. The lowest BCUT2D eigenvalue weighted by atomic mass is 9.80. The summed E-state index contributed by atoms with van der Waals surface area (Å²) in [5, 5.41) is 12.0. The molecule has 198 valence electrons. The Bertz CT molecular complexity index is 1100. The van der Waals surface area contributed by atoms with Crippen molar-refractivity contribution in [1.29, 1.82) is 0 Å². The van der Waals surface area contributed by atoms with Gasteiger partial charge in [0.05, 0.1) is 24.9 Å². The van der Waals surface area contributed by atoms with E-state index in [1.807, 2.05) is 7.05 Å². The average molecular weight is 504 g/mol. The Morgan fingerprint density at radius 1 is 1.03 bits per heavy atom. The van der Waals surface area contributed by atoms with Crippen LogP contribution in [-0.2, 0) is 21.4 Å². The molecule has 11 heteroatoms. The maximum atomic E-state index is 13.3. The fourth-order valence-electron chi connectivity index (χ4n) is 6.19. The molecule has 2 heterocycles. The molecule has 3 amide bonds. The quantitative estimate of drug-likeness (QED) is 0.596.